The second-order valence-corrected chi connectivity index (χ2v) is 6.03. The van der Waals surface area contributed by atoms with E-state index in [4.69, 9.17) is 4.74 Å². The third kappa shape index (κ3) is 6.58. The summed E-state index contributed by atoms with van der Waals surface area (Å²) < 4.78 is 5.52. The third-order valence-corrected chi connectivity index (χ3v) is 3.61. The molecule has 0 atom stereocenters. The average molecular weight is 306 g/mol. The highest BCUT2D eigenvalue weighted by Crippen LogP contribution is 2.21. The Morgan fingerprint density at radius 2 is 1.82 bits per heavy atom. The molecule has 4 nitrogen and oxygen atoms in total. The standard InChI is InChI=1S/C18H30N2O2/c1-6-7-9-22-10-8-20(5)13-17(21)19-18-15(3)11-14(2)12-16(18)4/h11-12H,6-10,13H2,1-5H3,(H,19,21). The van der Waals surface area contributed by atoms with Gasteiger partial charge in [-0.25, -0.2) is 0 Å². The second kappa shape index (κ2) is 9.59. The number of nitrogens with zero attached hydrogens (tertiary/aromatic N) is 1. The van der Waals surface area contributed by atoms with Crippen LogP contribution < -0.4 is 5.32 Å². The molecule has 22 heavy (non-hydrogen) atoms. The second-order valence-electron chi connectivity index (χ2n) is 6.03. The van der Waals surface area contributed by atoms with E-state index in [9.17, 15) is 4.79 Å². The van der Waals surface area contributed by atoms with Crippen LogP contribution in [-0.2, 0) is 9.53 Å². The van der Waals surface area contributed by atoms with Crippen LogP contribution in [0.1, 0.15) is 36.5 Å². The molecule has 0 aliphatic heterocycles. The molecule has 0 aliphatic rings. The average Bonchev–Trinajstić information content (AvgIpc) is 2.42. The Balaban J connectivity index is 2.40. The van der Waals surface area contributed by atoms with Crippen molar-refractivity contribution in [3.8, 4) is 0 Å². The number of amides is 1. The van der Waals surface area contributed by atoms with Crippen LogP contribution in [0.4, 0.5) is 5.69 Å². The first-order valence-electron chi connectivity index (χ1n) is 8.08. The number of anilines is 1. The summed E-state index contributed by atoms with van der Waals surface area (Å²) in [5, 5.41) is 3.03. The zero-order chi connectivity index (χ0) is 16.5. The van der Waals surface area contributed by atoms with E-state index in [1.807, 2.05) is 25.8 Å². The largest absolute Gasteiger partial charge is 0.380 e. The topological polar surface area (TPSA) is 41.6 Å². The van der Waals surface area contributed by atoms with E-state index in [1.54, 1.807) is 0 Å². The molecule has 0 spiro atoms. The normalized spacial score (nSPS) is 11.0. The molecule has 0 bridgehead atoms. The Kier molecular flexibility index (Phi) is 8.13. The van der Waals surface area contributed by atoms with Crippen LogP contribution in [-0.4, -0.2) is 44.2 Å². The quantitative estimate of drug-likeness (QED) is 0.712. The summed E-state index contributed by atoms with van der Waals surface area (Å²) >= 11 is 0. The summed E-state index contributed by atoms with van der Waals surface area (Å²) in [6.07, 6.45) is 2.24. The maximum atomic E-state index is 12.2. The van der Waals surface area contributed by atoms with Gasteiger partial charge in [0.15, 0.2) is 0 Å². The highest BCUT2D eigenvalue weighted by molar-refractivity contribution is 5.93. The Bertz CT molecular complexity index is 463. The van der Waals surface area contributed by atoms with E-state index in [0.717, 1.165) is 42.8 Å². The Labute approximate surface area is 134 Å². The number of hydrogen-bond acceptors (Lipinski definition) is 3. The number of benzene rings is 1. The van der Waals surface area contributed by atoms with E-state index in [0.29, 0.717) is 13.2 Å². The molecule has 0 aliphatic carbocycles. The molecule has 1 amide bonds. The molecule has 0 aromatic heterocycles. The van der Waals surface area contributed by atoms with Gasteiger partial charge in [-0.05, 0) is 45.4 Å². The summed E-state index contributed by atoms with van der Waals surface area (Å²) in [4.78, 5) is 14.1. The number of rotatable bonds is 9. The van der Waals surface area contributed by atoms with Crippen LogP contribution >= 0.6 is 0 Å². The maximum absolute atomic E-state index is 12.2. The molecule has 1 N–H and O–H groups in total. The van der Waals surface area contributed by atoms with Crippen LogP contribution in [0.15, 0.2) is 12.1 Å². The van der Waals surface area contributed by atoms with Crippen molar-refractivity contribution in [1.29, 1.82) is 0 Å². The zero-order valence-corrected chi connectivity index (χ0v) is 14.7. The fourth-order valence-electron chi connectivity index (χ4n) is 2.45. The number of unbranched alkanes of at least 4 members (excludes halogenated alkanes) is 1. The Morgan fingerprint density at radius 3 is 2.41 bits per heavy atom. The zero-order valence-electron chi connectivity index (χ0n) is 14.7. The molecule has 1 aromatic rings. The predicted molar refractivity (Wildman–Crippen MR) is 92.5 cm³/mol. The first-order valence-corrected chi connectivity index (χ1v) is 8.08. The summed E-state index contributed by atoms with van der Waals surface area (Å²) in [5.41, 5.74) is 4.37. The molecule has 0 saturated carbocycles. The van der Waals surface area contributed by atoms with Crippen LogP contribution in [0.5, 0.6) is 0 Å². The van der Waals surface area contributed by atoms with Gasteiger partial charge in [-0.1, -0.05) is 31.0 Å². The highest BCUT2D eigenvalue weighted by Gasteiger charge is 2.10. The number of ether oxygens (including phenoxy) is 1. The van der Waals surface area contributed by atoms with Crippen molar-refractivity contribution in [1.82, 2.24) is 4.90 Å². The number of aryl methyl sites for hydroxylation is 3. The van der Waals surface area contributed by atoms with Gasteiger partial charge in [0, 0.05) is 18.8 Å². The molecular formula is C18H30N2O2. The molecule has 0 unspecified atom stereocenters. The third-order valence-electron chi connectivity index (χ3n) is 3.61. The minimum Gasteiger partial charge on any atom is -0.380 e. The van der Waals surface area contributed by atoms with E-state index < -0.39 is 0 Å². The first kappa shape index (κ1) is 18.7. The van der Waals surface area contributed by atoms with Crippen molar-refractivity contribution in [2.24, 2.45) is 0 Å². The van der Waals surface area contributed by atoms with Gasteiger partial charge in [0.2, 0.25) is 5.91 Å². The van der Waals surface area contributed by atoms with E-state index in [2.05, 4.69) is 31.3 Å². The van der Waals surface area contributed by atoms with Gasteiger partial charge in [-0.15, -0.1) is 0 Å². The molecule has 1 rings (SSSR count). The predicted octanol–water partition coefficient (Wildman–Crippen LogP) is 3.30. The van der Waals surface area contributed by atoms with Crippen molar-refractivity contribution in [3.63, 3.8) is 0 Å². The number of carbonyl (C=O) groups is 1. The lowest BCUT2D eigenvalue weighted by Crippen LogP contribution is -2.33. The van der Waals surface area contributed by atoms with E-state index in [1.165, 1.54) is 5.56 Å². The van der Waals surface area contributed by atoms with Crippen LogP contribution in [0.3, 0.4) is 0 Å². The monoisotopic (exact) mass is 306 g/mol. The van der Waals surface area contributed by atoms with Crippen LogP contribution in [0.2, 0.25) is 0 Å². The van der Waals surface area contributed by atoms with Gasteiger partial charge in [-0.2, -0.15) is 0 Å². The molecular weight excluding hydrogens is 276 g/mol. The number of nitrogens with one attached hydrogen (secondary N) is 1. The van der Waals surface area contributed by atoms with E-state index >= 15 is 0 Å². The van der Waals surface area contributed by atoms with Crippen molar-refractivity contribution < 1.29 is 9.53 Å². The molecule has 0 fully saturated rings. The molecule has 0 radical (unpaired) electrons. The minimum absolute atomic E-state index is 0.0195. The van der Waals surface area contributed by atoms with Gasteiger partial charge >= 0.3 is 0 Å². The molecule has 124 valence electrons. The van der Waals surface area contributed by atoms with Crippen LogP contribution in [0, 0.1) is 20.8 Å². The smallest absolute Gasteiger partial charge is 0.238 e. The maximum Gasteiger partial charge on any atom is 0.238 e. The van der Waals surface area contributed by atoms with Gasteiger partial charge in [-0.3, -0.25) is 9.69 Å². The van der Waals surface area contributed by atoms with Gasteiger partial charge in [0.25, 0.3) is 0 Å². The Hall–Kier alpha value is -1.39. The van der Waals surface area contributed by atoms with Gasteiger partial charge < -0.3 is 10.1 Å². The lowest BCUT2D eigenvalue weighted by molar-refractivity contribution is -0.117. The summed E-state index contributed by atoms with van der Waals surface area (Å²) in [7, 11) is 1.94. The molecule has 4 heteroatoms. The summed E-state index contributed by atoms with van der Waals surface area (Å²) in [5.74, 6) is 0.0195. The number of hydrogen-bond donors (Lipinski definition) is 1. The Morgan fingerprint density at radius 1 is 1.18 bits per heavy atom. The number of carbonyl (C=O) groups excluding carboxylic acids is 1. The van der Waals surface area contributed by atoms with Crippen molar-refractivity contribution in [3.05, 3.63) is 28.8 Å². The fraction of sp³-hybridized carbons (Fsp3) is 0.611. The SMILES string of the molecule is CCCCOCCN(C)CC(=O)Nc1c(C)cc(C)cc1C. The number of likely N-dealkylation sites (N-methyl/N-ethyl adjacent to an activating group) is 1. The van der Waals surface area contributed by atoms with Crippen molar-refractivity contribution in [2.45, 2.75) is 40.5 Å². The van der Waals surface area contributed by atoms with Crippen LogP contribution in [0.25, 0.3) is 0 Å². The molecule has 0 saturated heterocycles. The van der Waals surface area contributed by atoms with Gasteiger partial charge in [0.1, 0.15) is 0 Å². The fourth-order valence-corrected chi connectivity index (χ4v) is 2.45. The first-order chi connectivity index (χ1) is 10.4. The summed E-state index contributed by atoms with van der Waals surface area (Å²) in [6.45, 7) is 10.9. The lowest BCUT2D eigenvalue weighted by Gasteiger charge is -2.18. The molecule has 0 heterocycles. The van der Waals surface area contributed by atoms with Crippen molar-refractivity contribution in [2.75, 3.05) is 38.7 Å². The highest BCUT2D eigenvalue weighted by atomic mass is 16.5. The van der Waals surface area contributed by atoms with Gasteiger partial charge in [0.05, 0.1) is 13.2 Å². The lowest BCUT2D eigenvalue weighted by atomic mass is 10.1. The van der Waals surface area contributed by atoms with Crippen molar-refractivity contribution >= 4 is 11.6 Å². The summed E-state index contributed by atoms with van der Waals surface area (Å²) in [6, 6.07) is 4.18. The minimum atomic E-state index is 0.0195. The molecule has 1 aromatic carbocycles. The van der Waals surface area contributed by atoms with E-state index in [-0.39, 0.29) is 5.91 Å².